The molecule has 2 aromatic carbocycles. The summed E-state index contributed by atoms with van der Waals surface area (Å²) in [5.41, 5.74) is 5.94. The fourth-order valence-electron chi connectivity index (χ4n) is 9.13. The van der Waals surface area contributed by atoms with E-state index in [0.717, 1.165) is 91.8 Å². The molecule has 2 N–H and O–H groups in total. The number of alkyl halides is 3. The Bertz CT molecular complexity index is 2370. The number of halogens is 3. The van der Waals surface area contributed by atoms with E-state index >= 15 is 0 Å². The topological polar surface area (TPSA) is 140 Å². The van der Waals surface area contributed by atoms with E-state index in [1.54, 1.807) is 17.8 Å². The predicted octanol–water partition coefficient (Wildman–Crippen LogP) is 5.81. The number of piperidine rings is 1. The van der Waals surface area contributed by atoms with Crippen LogP contribution in [0.4, 0.5) is 13.2 Å². The Morgan fingerprint density at radius 2 is 1.68 bits per heavy atom. The fourth-order valence-corrected chi connectivity index (χ4v) is 9.13. The molecule has 5 heterocycles. The number of amides is 2. The highest BCUT2D eigenvalue weighted by molar-refractivity contribution is 6.00. The van der Waals surface area contributed by atoms with Crippen LogP contribution in [0, 0.1) is 0 Å². The van der Waals surface area contributed by atoms with Crippen molar-refractivity contribution in [1.29, 1.82) is 0 Å². The van der Waals surface area contributed by atoms with E-state index in [9.17, 15) is 32.7 Å². The van der Waals surface area contributed by atoms with Gasteiger partial charge in [-0.05, 0) is 62.1 Å². The van der Waals surface area contributed by atoms with Crippen LogP contribution >= 0.6 is 0 Å². The number of hydrogen-bond donors (Lipinski definition) is 2. The number of aromatic nitrogens is 5. The number of nitrogens with one attached hydrogen (secondary N) is 1. The van der Waals surface area contributed by atoms with E-state index < -0.39 is 24.5 Å². The minimum absolute atomic E-state index is 0.0532. The van der Waals surface area contributed by atoms with Gasteiger partial charge in [0.2, 0.25) is 11.8 Å². The van der Waals surface area contributed by atoms with Gasteiger partial charge in [0.05, 0.1) is 23.7 Å². The minimum atomic E-state index is -4.21. The first kappa shape index (κ1) is 41.8. The van der Waals surface area contributed by atoms with Crippen molar-refractivity contribution in [1.82, 2.24) is 38.8 Å². The second-order valence-electron chi connectivity index (χ2n) is 16.6. The van der Waals surface area contributed by atoms with Crippen molar-refractivity contribution in [3.63, 3.8) is 0 Å². The molecular formula is C44H53F3N8O5. The Morgan fingerprint density at radius 3 is 2.42 bits per heavy atom. The van der Waals surface area contributed by atoms with Gasteiger partial charge in [-0.3, -0.25) is 28.9 Å². The molecule has 3 aromatic heterocycles. The number of carbonyl (C=O) groups excluding carboxylic acids is 2. The first-order valence-electron chi connectivity index (χ1n) is 21.2. The van der Waals surface area contributed by atoms with E-state index in [0.29, 0.717) is 37.4 Å². The normalized spacial score (nSPS) is 21.0. The molecule has 3 fully saturated rings. The maximum atomic E-state index is 13.2. The average Bonchev–Trinajstić information content (AvgIpc) is 3.72. The second kappa shape index (κ2) is 18.0. The molecule has 16 heteroatoms. The lowest BCUT2D eigenvalue weighted by molar-refractivity contribution is -0.136. The standard InChI is InChI=1S/C44H53F3N8O5/c1-51-40-31(5-2-6-36(40)55(43(51)59)37-16-17-39(57)50-42(37)58)28-60-24-4-19-52-20-22-53(23-21-52)26-29-8-10-30(11-9-29)35-27-54(32-12-14-33(56)15-13-32)41-34(35)25-48-38(49-41)7-3-18-44(45,46)47/h2,5-6,8-11,25,27,32-33,37,56H,3-4,7,12-24,26,28H2,1H3,(H,50,57,58)/t32?,33?,37-/m0/s1. The van der Waals surface area contributed by atoms with Gasteiger partial charge in [-0.25, -0.2) is 14.8 Å². The molecule has 3 aliphatic rings. The zero-order valence-corrected chi connectivity index (χ0v) is 34.0. The van der Waals surface area contributed by atoms with Crippen LogP contribution < -0.4 is 11.0 Å². The van der Waals surface area contributed by atoms with Crippen LogP contribution in [0.5, 0.6) is 0 Å². The average molecular weight is 831 g/mol. The summed E-state index contributed by atoms with van der Waals surface area (Å²) in [6.45, 7) is 6.50. The number of aliphatic hydroxyl groups excluding tert-OH is 1. The maximum absolute atomic E-state index is 13.2. The summed E-state index contributed by atoms with van der Waals surface area (Å²) in [7, 11) is 1.70. The van der Waals surface area contributed by atoms with Gasteiger partial charge in [0.25, 0.3) is 0 Å². The molecule has 13 nitrogen and oxygen atoms in total. The molecule has 320 valence electrons. The Labute approximate surface area is 346 Å². The number of aryl methyl sites for hydroxylation is 2. The summed E-state index contributed by atoms with van der Waals surface area (Å²) < 4.78 is 49.8. The number of aliphatic hydroxyl groups is 1. The third-order valence-electron chi connectivity index (χ3n) is 12.4. The second-order valence-corrected chi connectivity index (χ2v) is 16.6. The van der Waals surface area contributed by atoms with Crippen LogP contribution in [0.25, 0.3) is 33.2 Å². The van der Waals surface area contributed by atoms with Crippen LogP contribution in [0.2, 0.25) is 0 Å². The number of imidazole rings is 1. The van der Waals surface area contributed by atoms with Crippen LogP contribution in [-0.2, 0) is 40.9 Å². The smallest absolute Gasteiger partial charge is 0.389 e. The minimum Gasteiger partial charge on any atom is -0.393 e. The Balaban J connectivity index is 0.825. The monoisotopic (exact) mass is 830 g/mol. The zero-order valence-electron chi connectivity index (χ0n) is 34.0. The number of para-hydroxylation sites is 1. The van der Waals surface area contributed by atoms with Gasteiger partial charge in [0.1, 0.15) is 17.5 Å². The lowest BCUT2D eigenvalue weighted by Gasteiger charge is -2.34. The van der Waals surface area contributed by atoms with Crippen LogP contribution in [0.1, 0.15) is 86.8 Å². The summed E-state index contributed by atoms with van der Waals surface area (Å²) in [5.74, 6) is -0.356. The molecule has 0 bridgehead atoms. The largest absolute Gasteiger partial charge is 0.393 e. The quantitative estimate of drug-likeness (QED) is 0.105. The summed E-state index contributed by atoms with van der Waals surface area (Å²) in [6.07, 6.45) is 2.98. The molecule has 0 radical (unpaired) electrons. The molecule has 0 spiro atoms. The number of benzene rings is 2. The van der Waals surface area contributed by atoms with E-state index in [4.69, 9.17) is 9.72 Å². The number of ether oxygens (including phenoxy) is 1. The first-order valence-corrected chi connectivity index (χ1v) is 21.2. The highest BCUT2D eigenvalue weighted by atomic mass is 19.4. The van der Waals surface area contributed by atoms with Crippen molar-refractivity contribution in [2.45, 2.75) is 102 Å². The van der Waals surface area contributed by atoms with Crippen molar-refractivity contribution in [2.75, 3.05) is 39.3 Å². The number of imide groups is 1. The van der Waals surface area contributed by atoms with Gasteiger partial charge in [0.15, 0.2) is 0 Å². The van der Waals surface area contributed by atoms with Crippen LogP contribution in [0.3, 0.4) is 0 Å². The van der Waals surface area contributed by atoms with Gasteiger partial charge in [0, 0.05) is 107 Å². The SMILES string of the molecule is Cn1c(=O)n([C@H]2CCC(=O)NC2=O)c2cccc(COCCCN3CCN(Cc4ccc(-c5cn(C6CCC(O)CC6)c6nc(CCCC(F)(F)F)ncc56)cc4)CC3)c21. The highest BCUT2D eigenvalue weighted by Crippen LogP contribution is 2.37. The lowest BCUT2D eigenvalue weighted by Crippen LogP contribution is -2.46. The Kier molecular flexibility index (Phi) is 12.5. The maximum Gasteiger partial charge on any atom is 0.389 e. The molecule has 8 rings (SSSR count). The van der Waals surface area contributed by atoms with E-state index in [1.807, 2.05) is 18.2 Å². The van der Waals surface area contributed by atoms with Gasteiger partial charge < -0.3 is 19.3 Å². The molecule has 1 atom stereocenters. The Hall–Kier alpha value is -4.90. The molecule has 2 aliphatic heterocycles. The molecule has 1 aliphatic carbocycles. The van der Waals surface area contributed by atoms with Crippen molar-refractivity contribution >= 4 is 33.9 Å². The van der Waals surface area contributed by atoms with Gasteiger partial charge >= 0.3 is 11.9 Å². The van der Waals surface area contributed by atoms with Crippen molar-refractivity contribution < 1.29 is 32.6 Å². The summed E-state index contributed by atoms with van der Waals surface area (Å²) in [6, 6.07) is 13.6. The number of hydrogen-bond acceptors (Lipinski definition) is 9. The number of fused-ring (bicyclic) bond motifs is 2. The van der Waals surface area contributed by atoms with Gasteiger partial charge in [-0.2, -0.15) is 13.2 Å². The predicted molar refractivity (Wildman–Crippen MR) is 220 cm³/mol. The molecule has 0 unspecified atom stereocenters. The van der Waals surface area contributed by atoms with Crippen molar-refractivity contribution in [2.24, 2.45) is 7.05 Å². The van der Waals surface area contributed by atoms with Crippen LogP contribution in [0.15, 0.2) is 59.7 Å². The van der Waals surface area contributed by atoms with E-state index in [1.165, 1.54) is 10.1 Å². The zero-order chi connectivity index (χ0) is 42.0. The number of nitrogens with zero attached hydrogens (tertiary/aromatic N) is 7. The molecule has 2 saturated heterocycles. The van der Waals surface area contributed by atoms with Crippen molar-refractivity contribution in [3.05, 3.63) is 82.3 Å². The van der Waals surface area contributed by atoms with E-state index in [2.05, 4.69) is 55.1 Å². The lowest BCUT2D eigenvalue weighted by atomic mass is 9.93. The summed E-state index contributed by atoms with van der Waals surface area (Å²) in [4.78, 5) is 51.7. The molecular weight excluding hydrogens is 778 g/mol. The first-order chi connectivity index (χ1) is 28.9. The number of carbonyl (C=O) groups is 2. The third-order valence-corrected chi connectivity index (χ3v) is 12.4. The third kappa shape index (κ3) is 9.36. The number of piperazine rings is 1. The molecule has 5 aromatic rings. The summed E-state index contributed by atoms with van der Waals surface area (Å²) in [5, 5.41) is 13.4. The molecule has 2 amide bonds. The van der Waals surface area contributed by atoms with Gasteiger partial charge in [-0.15, -0.1) is 0 Å². The van der Waals surface area contributed by atoms with Crippen LogP contribution in [-0.4, -0.2) is 102 Å². The number of rotatable bonds is 14. The fraction of sp³-hybridized carbons (Fsp3) is 0.523. The highest BCUT2D eigenvalue weighted by Gasteiger charge is 2.32. The molecule has 1 saturated carbocycles. The summed E-state index contributed by atoms with van der Waals surface area (Å²) >= 11 is 0. The van der Waals surface area contributed by atoms with Crippen molar-refractivity contribution in [3.8, 4) is 11.1 Å². The molecule has 60 heavy (non-hydrogen) atoms. The van der Waals surface area contributed by atoms with Gasteiger partial charge in [-0.1, -0.05) is 36.4 Å². The Morgan fingerprint density at radius 1 is 0.933 bits per heavy atom. The van der Waals surface area contributed by atoms with E-state index in [-0.39, 0.29) is 49.4 Å².